The maximum Gasteiger partial charge on any atom is 0.250 e. The first-order valence-electron chi connectivity index (χ1n) is 13.5. The van der Waals surface area contributed by atoms with Crippen LogP contribution in [0.4, 0.5) is 8.78 Å². The molecule has 1 aliphatic carbocycles. The van der Waals surface area contributed by atoms with Crippen LogP contribution in [0, 0.1) is 28.6 Å². The van der Waals surface area contributed by atoms with Crippen molar-refractivity contribution in [2.75, 3.05) is 26.7 Å². The van der Waals surface area contributed by atoms with Crippen LogP contribution in [-0.4, -0.2) is 65.0 Å². The molecule has 6 rings (SSSR count). The summed E-state index contributed by atoms with van der Waals surface area (Å²) >= 11 is 0. The molecule has 3 aliphatic rings. The molecule has 3 heterocycles. The Morgan fingerprint density at radius 2 is 1.76 bits per heavy atom. The molecule has 10 heteroatoms. The van der Waals surface area contributed by atoms with Gasteiger partial charge in [-0.05, 0) is 23.3 Å². The molecule has 2 aromatic carbocycles. The summed E-state index contributed by atoms with van der Waals surface area (Å²) in [7, 11) is 1.36. The zero-order valence-corrected chi connectivity index (χ0v) is 22.3. The number of fused-ring (bicyclic) bond motifs is 3. The average molecular weight is 559 g/mol. The third kappa shape index (κ3) is 4.31. The van der Waals surface area contributed by atoms with E-state index in [4.69, 9.17) is 9.47 Å². The average Bonchev–Trinajstić information content (AvgIpc) is 3.40. The number of nitriles is 2. The fourth-order valence-corrected chi connectivity index (χ4v) is 6.66. The highest BCUT2D eigenvalue weighted by Crippen LogP contribution is 2.62. The highest BCUT2D eigenvalue weighted by atomic mass is 19.3. The molecule has 1 aromatic heterocycles. The second-order valence-electron chi connectivity index (χ2n) is 10.9. The van der Waals surface area contributed by atoms with Crippen molar-refractivity contribution < 1.29 is 28.5 Å². The summed E-state index contributed by atoms with van der Waals surface area (Å²) in [6.07, 6.45) is -2.87. The van der Waals surface area contributed by atoms with Crippen LogP contribution < -0.4 is 9.47 Å². The lowest BCUT2D eigenvalue weighted by atomic mass is 9.86. The summed E-state index contributed by atoms with van der Waals surface area (Å²) < 4.78 is 39.9. The molecule has 3 aromatic rings. The number of methoxy groups -OCH3 is 1. The van der Waals surface area contributed by atoms with E-state index < -0.39 is 35.6 Å². The zero-order valence-electron chi connectivity index (χ0n) is 22.3. The van der Waals surface area contributed by atoms with Gasteiger partial charge in [0.2, 0.25) is 5.88 Å². The number of ether oxygens (including phenoxy) is 2. The van der Waals surface area contributed by atoms with E-state index in [1.54, 1.807) is 24.3 Å². The van der Waals surface area contributed by atoms with Gasteiger partial charge in [-0.25, -0.2) is 13.8 Å². The fraction of sp³-hybridized carbons (Fsp3) is 0.387. The van der Waals surface area contributed by atoms with Gasteiger partial charge in [0.15, 0.2) is 11.3 Å². The molecule has 0 spiro atoms. The maximum atomic E-state index is 13.9. The van der Waals surface area contributed by atoms with Crippen LogP contribution in [0.5, 0.6) is 11.6 Å². The van der Waals surface area contributed by atoms with Crippen LogP contribution in [0.1, 0.15) is 41.1 Å². The van der Waals surface area contributed by atoms with Crippen LogP contribution >= 0.6 is 0 Å². The minimum absolute atomic E-state index is 0.00503. The predicted molar refractivity (Wildman–Crippen MR) is 143 cm³/mol. The van der Waals surface area contributed by atoms with Gasteiger partial charge in [-0.3, -0.25) is 0 Å². The van der Waals surface area contributed by atoms with Gasteiger partial charge in [-0.2, -0.15) is 10.5 Å². The molecule has 0 radical (unpaired) electrons. The van der Waals surface area contributed by atoms with E-state index in [-0.39, 0.29) is 55.4 Å². The number of aliphatic hydroxyl groups is 2. The first kappa shape index (κ1) is 27.1. The number of likely N-dealkylation sites (tertiary alicyclic amines) is 1. The summed E-state index contributed by atoms with van der Waals surface area (Å²) in [5, 5.41) is 43.6. The summed E-state index contributed by atoms with van der Waals surface area (Å²) in [5.74, 6) is -3.65. The normalized spacial score (nSPS) is 28.2. The van der Waals surface area contributed by atoms with Crippen molar-refractivity contribution in [3.63, 3.8) is 0 Å². The Morgan fingerprint density at radius 3 is 2.37 bits per heavy atom. The number of hydrogen-bond acceptors (Lipinski definition) is 8. The Labute approximate surface area is 236 Å². The number of rotatable bonds is 5. The fourth-order valence-electron chi connectivity index (χ4n) is 6.66. The highest BCUT2D eigenvalue weighted by Gasteiger charge is 2.68. The molecule has 2 fully saturated rings. The van der Waals surface area contributed by atoms with Crippen molar-refractivity contribution in [1.29, 1.82) is 10.5 Å². The van der Waals surface area contributed by atoms with Gasteiger partial charge >= 0.3 is 0 Å². The number of piperidine rings is 1. The lowest BCUT2D eigenvalue weighted by Crippen LogP contribution is -2.46. The van der Waals surface area contributed by atoms with Crippen molar-refractivity contribution in [3.05, 3.63) is 77.0 Å². The Bertz CT molecular complexity index is 1540. The third-order valence-electron chi connectivity index (χ3n) is 8.68. The molecule has 0 bridgehead atoms. The molecule has 8 nitrogen and oxygen atoms in total. The van der Waals surface area contributed by atoms with Crippen LogP contribution in [0.25, 0.3) is 11.1 Å². The van der Waals surface area contributed by atoms with Crippen molar-refractivity contribution in [3.8, 4) is 34.9 Å². The van der Waals surface area contributed by atoms with Crippen LogP contribution in [0.3, 0.4) is 0 Å². The van der Waals surface area contributed by atoms with Gasteiger partial charge in [0.25, 0.3) is 5.92 Å². The molecule has 41 heavy (non-hydrogen) atoms. The molecule has 2 N–H and O–H groups in total. The summed E-state index contributed by atoms with van der Waals surface area (Å²) in [6, 6.07) is 20.1. The second kappa shape index (κ2) is 10.1. The number of aliphatic hydroxyl groups excluding tert-OH is 1. The monoisotopic (exact) mass is 558 g/mol. The summed E-state index contributed by atoms with van der Waals surface area (Å²) in [5.41, 5.74) is 0.305. The largest absolute Gasteiger partial charge is 0.485 e. The minimum Gasteiger partial charge on any atom is -0.485 e. The van der Waals surface area contributed by atoms with Crippen molar-refractivity contribution in [2.45, 2.75) is 42.5 Å². The Morgan fingerprint density at radius 1 is 1.07 bits per heavy atom. The number of benzene rings is 2. The van der Waals surface area contributed by atoms with Gasteiger partial charge in [-0.15, -0.1) is 0 Å². The topological polar surface area (TPSA) is 123 Å². The number of nitrogens with zero attached hydrogens (tertiary/aromatic N) is 4. The predicted octanol–water partition coefficient (Wildman–Crippen LogP) is 3.95. The SMILES string of the molecule is COc1nc(C#N)c(-c2ccc(C#N)cc2)c2c1C1(O)C(O)C(CN3CCC(F)(F)CC3)C(c3ccccc3)C1O2. The highest BCUT2D eigenvalue weighted by molar-refractivity contribution is 5.80. The van der Waals surface area contributed by atoms with Gasteiger partial charge in [0.1, 0.15) is 17.9 Å². The second-order valence-corrected chi connectivity index (χ2v) is 10.9. The van der Waals surface area contributed by atoms with Gasteiger partial charge in [0.05, 0.1) is 36.0 Å². The van der Waals surface area contributed by atoms with Gasteiger partial charge in [0, 0.05) is 44.3 Å². The number of hydrogen-bond donors (Lipinski definition) is 2. The number of pyridine rings is 1. The van der Waals surface area contributed by atoms with E-state index in [9.17, 15) is 29.5 Å². The van der Waals surface area contributed by atoms with E-state index in [2.05, 4.69) is 17.1 Å². The molecule has 5 unspecified atom stereocenters. The Balaban J connectivity index is 1.49. The molecule has 0 amide bonds. The molecular weight excluding hydrogens is 530 g/mol. The van der Waals surface area contributed by atoms with Crippen LogP contribution in [-0.2, 0) is 5.60 Å². The lowest BCUT2D eigenvalue weighted by Gasteiger charge is -2.36. The molecule has 1 saturated heterocycles. The first-order chi connectivity index (χ1) is 19.7. The maximum absolute atomic E-state index is 13.9. The molecule has 210 valence electrons. The standard InChI is InChI=1S/C31H28F2N4O4/c1-40-29-25-26(24(22(16-35)36-29)20-9-7-18(15-34)8-10-20)41-28-23(19-5-3-2-4-6-19)21(27(38)31(25,28)39)17-37-13-11-30(32,33)12-14-37/h2-10,21,23,27-28,38-39H,11-14,17H2,1H3. The van der Waals surface area contributed by atoms with Crippen LogP contribution in [0.2, 0.25) is 0 Å². The van der Waals surface area contributed by atoms with E-state index >= 15 is 0 Å². The molecule has 2 aliphatic heterocycles. The summed E-state index contributed by atoms with van der Waals surface area (Å²) in [4.78, 5) is 6.31. The third-order valence-corrected chi connectivity index (χ3v) is 8.68. The zero-order chi connectivity index (χ0) is 28.9. The van der Waals surface area contributed by atoms with Crippen molar-refractivity contribution in [1.82, 2.24) is 9.88 Å². The van der Waals surface area contributed by atoms with E-state index in [0.29, 0.717) is 16.7 Å². The Kier molecular flexibility index (Phi) is 6.66. The van der Waals surface area contributed by atoms with Crippen molar-refractivity contribution in [2.24, 2.45) is 5.92 Å². The van der Waals surface area contributed by atoms with E-state index in [1.807, 2.05) is 35.2 Å². The molecular formula is C31H28F2N4O4. The lowest BCUT2D eigenvalue weighted by molar-refractivity contribution is -0.104. The minimum atomic E-state index is -2.71. The molecule has 5 atom stereocenters. The first-order valence-corrected chi connectivity index (χ1v) is 13.5. The van der Waals surface area contributed by atoms with Crippen molar-refractivity contribution >= 4 is 0 Å². The smallest absolute Gasteiger partial charge is 0.250 e. The van der Waals surface area contributed by atoms with E-state index in [0.717, 1.165) is 5.56 Å². The summed E-state index contributed by atoms with van der Waals surface area (Å²) in [6.45, 7) is 0.637. The number of alkyl halides is 2. The quantitative estimate of drug-likeness (QED) is 0.483. The van der Waals surface area contributed by atoms with Gasteiger partial charge in [-0.1, -0.05) is 42.5 Å². The van der Waals surface area contributed by atoms with Crippen LogP contribution in [0.15, 0.2) is 54.6 Å². The molecule has 1 saturated carbocycles. The van der Waals surface area contributed by atoms with Gasteiger partial charge < -0.3 is 24.6 Å². The number of halogens is 2. The van der Waals surface area contributed by atoms with E-state index in [1.165, 1.54) is 7.11 Å². The Hall–Kier alpha value is -4.09. The number of aromatic nitrogens is 1.